The number of imidazole rings is 2. The summed E-state index contributed by atoms with van der Waals surface area (Å²) in [5.74, 6) is 0.631. The maximum Gasteiger partial charge on any atom is 0.329 e. The molecular weight excluding hydrogens is 463 g/mol. The number of H-pyrrole nitrogens is 1. The van der Waals surface area contributed by atoms with Gasteiger partial charge in [-0.15, -0.1) is 0 Å². The van der Waals surface area contributed by atoms with Crippen LogP contribution in [-0.2, 0) is 38.3 Å². The number of carbonyl (C=O) groups is 1. The lowest BCUT2D eigenvalue weighted by Crippen LogP contribution is -2.28. The van der Waals surface area contributed by atoms with Gasteiger partial charge < -0.3 is 9.88 Å². The Morgan fingerprint density at radius 3 is 2.58 bits per heavy atom. The van der Waals surface area contributed by atoms with Crippen LogP contribution in [0.3, 0.4) is 0 Å². The van der Waals surface area contributed by atoms with E-state index in [4.69, 9.17) is 0 Å². The molecule has 10 nitrogen and oxygen atoms in total. The molecule has 2 aromatic carbocycles. The Morgan fingerprint density at radius 1 is 1.08 bits per heavy atom. The number of halogens is 1. The molecular formula is C25H25FN8O2. The van der Waals surface area contributed by atoms with E-state index in [-0.39, 0.29) is 12.5 Å². The molecule has 5 aromatic rings. The van der Waals surface area contributed by atoms with Crippen molar-refractivity contribution in [2.75, 3.05) is 5.32 Å². The highest BCUT2D eigenvalue weighted by molar-refractivity contribution is 5.95. The van der Waals surface area contributed by atoms with Crippen LogP contribution in [0, 0.1) is 12.7 Å². The van der Waals surface area contributed by atoms with E-state index in [0.717, 1.165) is 17.2 Å². The molecule has 0 aliphatic rings. The van der Waals surface area contributed by atoms with Gasteiger partial charge in [-0.25, -0.2) is 19.2 Å². The van der Waals surface area contributed by atoms with Crippen LogP contribution in [-0.4, -0.2) is 39.8 Å². The maximum atomic E-state index is 14.8. The van der Waals surface area contributed by atoms with Crippen molar-refractivity contribution in [3.8, 4) is 11.3 Å². The van der Waals surface area contributed by atoms with Crippen molar-refractivity contribution in [1.29, 1.82) is 0 Å². The standard InChI is InChI=1S/C25H25FN8O2/c1-15-4-6-17(7-5-15)30-23(35)13-34-19-11-16(26)10-18(24(19)33(3)25(34)36)20-12-27-22(32(20)2)9-8-21-28-14-29-31-21/h4-7,10-12,14H,8-9,13H2,1-3H3,(H,30,35)(H,28,29,31). The third kappa shape index (κ3) is 4.30. The largest absolute Gasteiger partial charge is 0.331 e. The van der Waals surface area contributed by atoms with E-state index in [2.05, 4.69) is 25.5 Å². The van der Waals surface area contributed by atoms with E-state index in [0.29, 0.717) is 40.8 Å². The third-order valence-corrected chi connectivity index (χ3v) is 6.25. The Morgan fingerprint density at radius 2 is 1.86 bits per heavy atom. The molecule has 2 N–H and O–H groups in total. The van der Waals surface area contributed by atoms with Gasteiger partial charge in [0.25, 0.3) is 0 Å². The highest BCUT2D eigenvalue weighted by Gasteiger charge is 2.21. The van der Waals surface area contributed by atoms with Crippen molar-refractivity contribution in [3.05, 3.63) is 82.4 Å². The Bertz CT molecular complexity index is 1610. The number of carbonyl (C=O) groups excluding carboxylic acids is 1. The lowest BCUT2D eigenvalue weighted by atomic mass is 10.1. The first-order valence-electron chi connectivity index (χ1n) is 11.4. The zero-order valence-corrected chi connectivity index (χ0v) is 20.1. The fourth-order valence-corrected chi connectivity index (χ4v) is 4.36. The summed E-state index contributed by atoms with van der Waals surface area (Å²) < 4.78 is 19.4. The summed E-state index contributed by atoms with van der Waals surface area (Å²) in [7, 11) is 3.46. The van der Waals surface area contributed by atoms with Crippen LogP contribution in [0.4, 0.5) is 10.1 Å². The predicted octanol–water partition coefficient (Wildman–Crippen LogP) is 2.73. The SMILES string of the molecule is Cc1ccc(NC(=O)Cn2c(=O)n(C)c3c(-c4cnc(CCc5ncn[nH]5)n4C)cc(F)cc32)cc1. The molecule has 1 amide bonds. The van der Waals surface area contributed by atoms with Gasteiger partial charge in [0.05, 0.1) is 22.9 Å². The van der Waals surface area contributed by atoms with Crippen LogP contribution in [0.1, 0.15) is 17.2 Å². The van der Waals surface area contributed by atoms with Crippen LogP contribution < -0.4 is 11.0 Å². The molecule has 184 valence electrons. The summed E-state index contributed by atoms with van der Waals surface area (Å²) in [6.45, 7) is 1.70. The van der Waals surface area contributed by atoms with E-state index in [1.54, 1.807) is 25.4 Å². The van der Waals surface area contributed by atoms with Gasteiger partial charge in [0, 0.05) is 38.2 Å². The van der Waals surface area contributed by atoms with E-state index in [1.807, 2.05) is 30.7 Å². The van der Waals surface area contributed by atoms with Gasteiger partial charge in [-0.3, -0.25) is 19.0 Å². The smallest absolute Gasteiger partial charge is 0.329 e. The van der Waals surface area contributed by atoms with E-state index < -0.39 is 11.5 Å². The molecule has 0 spiro atoms. The Hall–Kier alpha value is -4.54. The van der Waals surface area contributed by atoms with Crippen molar-refractivity contribution >= 4 is 22.6 Å². The second kappa shape index (κ2) is 9.25. The Balaban J connectivity index is 1.49. The van der Waals surface area contributed by atoms with Crippen molar-refractivity contribution in [1.82, 2.24) is 33.9 Å². The van der Waals surface area contributed by atoms with Crippen molar-refractivity contribution < 1.29 is 9.18 Å². The number of rotatable bonds is 7. The molecule has 5 rings (SSSR count). The number of aromatic nitrogens is 7. The van der Waals surface area contributed by atoms with Gasteiger partial charge in [-0.05, 0) is 31.2 Å². The molecule has 0 saturated heterocycles. The van der Waals surface area contributed by atoms with Crippen molar-refractivity contribution in [3.63, 3.8) is 0 Å². The number of anilines is 1. The molecule has 0 fully saturated rings. The number of benzene rings is 2. The number of nitrogens with one attached hydrogen (secondary N) is 2. The number of aryl methyl sites for hydroxylation is 4. The van der Waals surface area contributed by atoms with E-state index in [9.17, 15) is 14.0 Å². The highest BCUT2D eigenvalue weighted by atomic mass is 19.1. The number of nitrogens with zero attached hydrogens (tertiary/aromatic N) is 6. The molecule has 11 heteroatoms. The molecule has 0 atom stereocenters. The first-order chi connectivity index (χ1) is 17.3. The molecule has 3 aromatic heterocycles. The van der Waals surface area contributed by atoms with Gasteiger partial charge in [-0.1, -0.05) is 17.7 Å². The molecule has 0 bridgehead atoms. The number of hydrogen-bond acceptors (Lipinski definition) is 5. The molecule has 0 radical (unpaired) electrons. The normalized spacial score (nSPS) is 11.3. The second-order valence-corrected chi connectivity index (χ2v) is 8.71. The second-order valence-electron chi connectivity index (χ2n) is 8.71. The fraction of sp³-hybridized carbons (Fsp3) is 0.240. The average Bonchev–Trinajstić information content (AvgIpc) is 3.55. The average molecular weight is 489 g/mol. The number of aromatic amines is 1. The van der Waals surface area contributed by atoms with Crippen LogP contribution in [0.2, 0.25) is 0 Å². The zero-order chi connectivity index (χ0) is 25.4. The van der Waals surface area contributed by atoms with Gasteiger partial charge in [-0.2, -0.15) is 5.10 Å². The van der Waals surface area contributed by atoms with E-state index in [1.165, 1.54) is 27.6 Å². The lowest BCUT2D eigenvalue weighted by molar-refractivity contribution is -0.116. The lowest BCUT2D eigenvalue weighted by Gasteiger charge is -2.10. The summed E-state index contributed by atoms with van der Waals surface area (Å²) in [5.41, 5.74) is 3.31. The summed E-state index contributed by atoms with van der Waals surface area (Å²) in [5, 5.41) is 9.47. The first-order valence-corrected chi connectivity index (χ1v) is 11.4. The Labute approximate surface area is 205 Å². The summed E-state index contributed by atoms with van der Waals surface area (Å²) >= 11 is 0. The van der Waals surface area contributed by atoms with Crippen molar-refractivity contribution in [2.24, 2.45) is 14.1 Å². The van der Waals surface area contributed by atoms with Crippen LogP contribution >= 0.6 is 0 Å². The van der Waals surface area contributed by atoms with Gasteiger partial charge in [0.2, 0.25) is 5.91 Å². The number of fused-ring (bicyclic) bond motifs is 1. The van der Waals surface area contributed by atoms with Gasteiger partial charge in [0.15, 0.2) is 0 Å². The topological polar surface area (TPSA) is 115 Å². The minimum atomic E-state index is -0.514. The minimum absolute atomic E-state index is 0.249. The minimum Gasteiger partial charge on any atom is -0.331 e. The molecule has 0 unspecified atom stereocenters. The van der Waals surface area contributed by atoms with Gasteiger partial charge >= 0.3 is 5.69 Å². The zero-order valence-electron chi connectivity index (χ0n) is 20.1. The molecule has 36 heavy (non-hydrogen) atoms. The first kappa shape index (κ1) is 23.2. The monoisotopic (exact) mass is 488 g/mol. The van der Waals surface area contributed by atoms with Crippen molar-refractivity contribution in [2.45, 2.75) is 26.3 Å². The summed E-state index contributed by atoms with van der Waals surface area (Å²) in [6, 6.07) is 10.0. The van der Waals surface area contributed by atoms with Crippen LogP contribution in [0.5, 0.6) is 0 Å². The highest BCUT2D eigenvalue weighted by Crippen LogP contribution is 2.30. The maximum absolute atomic E-state index is 14.8. The Kier molecular flexibility index (Phi) is 5.96. The van der Waals surface area contributed by atoms with E-state index >= 15 is 0 Å². The summed E-state index contributed by atoms with van der Waals surface area (Å²) in [6.07, 6.45) is 4.34. The molecule has 3 heterocycles. The molecule has 0 aliphatic carbocycles. The predicted molar refractivity (Wildman–Crippen MR) is 133 cm³/mol. The quantitative estimate of drug-likeness (QED) is 0.366. The number of amides is 1. The molecule has 0 saturated carbocycles. The van der Waals surface area contributed by atoms with Gasteiger partial charge in [0.1, 0.15) is 30.3 Å². The van der Waals surface area contributed by atoms with Crippen LogP contribution in [0.25, 0.3) is 22.3 Å². The third-order valence-electron chi connectivity index (χ3n) is 6.25. The molecule has 0 aliphatic heterocycles. The summed E-state index contributed by atoms with van der Waals surface area (Å²) in [4.78, 5) is 34.5. The fourth-order valence-electron chi connectivity index (χ4n) is 4.36. The van der Waals surface area contributed by atoms with Crippen LogP contribution in [0.15, 0.2) is 53.7 Å². The number of hydrogen-bond donors (Lipinski definition) is 2.